The second-order valence-corrected chi connectivity index (χ2v) is 4.71. The van der Waals surface area contributed by atoms with E-state index < -0.39 is 0 Å². The molecule has 5 heteroatoms. The number of carbonyl (C=O) groups excluding carboxylic acids is 1. The highest BCUT2D eigenvalue weighted by Gasteiger charge is 2.33. The van der Waals surface area contributed by atoms with Gasteiger partial charge in [0, 0.05) is 12.1 Å². The summed E-state index contributed by atoms with van der Waals surface area (Å²) < 4.78 is 5.42. The van der Waals surface area contributed by atoms with Crippen LogP contribution in [0.15, 0.2) is 41.1 Å². The Hall–Kier alpha value is -2.61. The molecule has 0 radical (unpaired) electrons. The van der Waals surface area contributed by atoms with Gasteiger partial charge in [-0.15, -0.1) is 0 Å². The topological polar surface area (TPSA) is 70.1 Å². The van der Waals surface area contributed by atoms with Crippen molar-refractivity contribution in [3.05, 3.63) is 48.0 Å². The Bertz CT molecular complexity index is 653. The molecule has 0 unspecified atom stereocenters. The number of hydrogen-bond acceptors (Lipinski definition) is 4. The molecule has 20 heavy (non-hydrogen) atoms. The monoisotopic (exact) mass is 267 g/mol. The third-order valence-corrected chi connectivity index (χ3v) is 3.27. The van der Waals surface area contributed by atoms with Gasteiger partial charge in [-0.1, -0.05) is 6.07 Å². The van der Waals surface area contributed by atoms with E-state index in [0.29, 0.717) is 17.3 Å². The molecule has 1 aliphatic carbocycles. The van der Waals surface area contributed by atoms with Crippen LogP contribution in [0.2, 0.25) is 0 Å². The SMILES string of the molecule is N#CCN(C(=O)c1ccoc1C1CC1)c1ccccn1. The second kappa shape index (κ2) is 5.17. The van der Waals surface area contributed by atoms with Crippen LogP contribution in [0, 0.1) is 11.3 Å². The Kier molecular flexibility index (Phi) is 3.21. The second-order valence-electron chi connectivity index (χ2n) is 4.71. The molecule has 3 rings (SSSR count). The van der Waals surface area contributed by atoms with E-state index in [4.69, 9.17) is 9.68 Å². The van der Waals surface area contributed by atoms with E-state index in [9.17, 15) is 4.79 Å². The van der Waals surface area contributed by atoms with E-state index in [1.54, 1.807) is 30.5 Å². The van der Waals surface area contributed by atoms with Gasteiger partial charge in [0.15, 0.2) is 0 Å². The molecule has 0 N–H and O–H groups in total. The number of hydrogen-bond donors (Lipinski definition) is 0. The number of anilines is 1. The predicted octanol–water partition coefficient (Wildman–Crippen LogP) is 2.72. The highest BCUT2D eigenvalue weighted by atomic mass is 16.3. The van der Waals surface area contributed by atoms with Gasteiger partial charge < -0.3 is 4.42 Å². The standard InChI is InChI=1S/C15H13N3O2/c16-7-9-18(13-3-1-2-8-17-13)15(19)12-6-10-20-14(12)11-4-5-11/h1-3,6,8,10-11H,4-5,9H2. The summed E-state index contributed by atoms with van der Waals surface area (Å²) in [7, 11) is 0. The fraction of sp³-hybridized carbons (Fsp3) is 0.267. The molecule has 0 spiro atoms. The average Bonchev–Trinajstić information content (AvgIpc) is 3.22. The van der Waals surface area contributed by atoms with E-state index in [1.165, 1.54) is 11.2 Å². The van der Waals surface area contributed by atoms with Crippen molar-refractivity contribution in [2.75, 3.05) is 11.4 Å². The molecule has 100 valence electrons. The van der Waals surface area contributed by atoms with Crippen molar-refractivity contribution >= 4 is 11.7 Å². The van der Waals surface area contributed by atoms with E-state index in [1.807, 2.05) is 6.07 Å². The molecule has 0 bridgehead atoms. The zero-order valence-electron chi connectivity index (χ0n) is 10.8. The fourth-order valence-electron chi connectivity index (χ4n) is 2.15. The molecule has 0 saturated heterocycles. The lowest BCUT2D eigenvalue weighted by atomic mass is 10.1. The largest absolute Gasteiger partial charge is 0.468 e. The molecule has 0 aromatic carbocycles. The molecule has 5 nitrogen and oxygen atoms in total. The molecule has 2 heterocycles. The van der Waals surface area contributed by atoms with Crippen LogP contribution in [0.25, 0.3) is 0 Å². The summed E-state index contributed by atoms with van der Waals surface area (Å²) in [4.78, 5) is 18.1. The minimum atomic E-state index is -0.235. The maximum atomic E-state index is 12.6. The van der Waals surface area contributed by atoms with Crippen LogP contribution in [-0.2, 0) is 0 Å². The lowest BCUT2D eigenvalue weighted by Crippen LogP contribution is -2.32. The summed E-state index contributed by atoms with van der Waals surface area (Å²) in [5.41, 5.74) is 0.536. The number of nitrogens with zero attached hydrogens (tertiary/aromatic N) is 3. The van der Waals surface area contributed by atoms with Crippen LogP contribution in [0.4, 0.5) is 5.82 Å². The van der Waals surface area contributed by atoms with E-state index in [0.717, 1.165) is 18.6 Å². The summed E-state index contributed by atoms with van der Waals surface area (Å²) in [6.45, 7) is -0.0366. The molecular weight excluding hydrogens is 254 g/mol. The van der Waals surface area contributed by atoms with Crippen LogP contribution >= 0.6 is 0 Å². The average molecular weight is 267 g/mol. The van der Waals surface area contributed by atoms with Crippen LogP contribution in [0.5, 0.6) is 0 Å². The van der Waals surface area contributed by atoms with Crippen LogP contribution in [0.1, 0.15) is 34.9 Å². The third kappa shape index (κ3) is 2.28. The molecule has 2 aromatic heterocycles. The molecule has 0 aliphatic heterocycles. The van der Waals surface area contributed by atoms with Crippen molar-refractivity contribution in [2.45, 2.75) is 18.8 Å². The molecular formula is C15H13N3O2. The minimum Gasteiger partial charge on any atom is -0.468 e. The zero-order chi connectivity index (χ0) is 13.9. The fourth-order valence-corrected chi connectivity index (χ4v) is 2.15. The van der Waals surface area contributed by atoms with Crippen molar-refractivity contribution < 1.29 is 9.21 Å². The normalized spacial score (nSPS) is 13.8. The molecule has 1 fully saturated rings. The van der Waals surface area contributed by atoms with Crippen LogP contribution in [-0.4, -0.2) is 17.4 Å². The Balaban J connectivity index is 1.93. The van der Waals surface area contributed by atoms with Gasteiger partial charge in [0.05, 0.1) is 17.9 Å². The number of amides is 1. The number of aromatic nitrogens is 1. The lowest BCUT2D eigenvalue weighted by Gasteiger charge is -2.18. The lowest BCUT2D eigenvalue weighted by molar-refractivity contribution is 0.0987. The van der Waals surface area contributed by atoms with Gasteiger partial charge in [-0.3, -0.25) is 9.69 Å². The van der Waals surface area contributed by atoms with Crippen LogP contribution < -0.4 is 4.90 Å². The Morgan fingerprint density at radius 3 is 2.95 bits per heavy atom. The maximum absolute atomic E-state index is 12.6. The van der Waals surface area contributed by atoms with Crippen molar-refractivity contribution in [1.29, 1.82) is 5.26 Å². The van der Waals surface area contributed by atoms with E-state index >= 15 is 0 Å². The number of pyridine rings is 1. The first-order chi connectivity index (χ1) is 9.81. The summed E-state index contributed by atoms with van der Waals surface area (Å²) in [5.74, 6) is 1.31. The van der Waals surface area contributed by atoms with Crippen molar-refractivity contribution in [2.24, 2.45) is 0 Å². The molecule has 2 aromatic rings. The van der Waals surface area contributed by atoms with E-state index in [-0.39, 0.29) is 12.5 Å². The first-order valence-electron chi connectivity index (χ1n) is 6.48. The summed E-state index contributed by atoms with van der Waals surface area (Å²) in [6, 6.07) is 8.95. The number of nitriles is 1. The van der Waals surface area contributed by atoms with Crippen molar-refractivity contribution in [3.8, 4) is 6.07 Å². The highest BCUT2D eigenvalue weighted by molar-refractivity contribution is 6.06. The zero-order valence-corrected chi connectivity index (χ0v) is 10.8. The van der Waals surface area contributed by atoms with Crippen molar-refractivity contribution in [1.82, 2.24) is 4.98 Å². The third-order valence-electron chi connectivity index (χ3n) is 3.27. The highest BCUT2D eigenvalue weighted by Crippen LogP contribution is 2.42. The Labute approximate surface area is 116 Å². The maximum Gasteiger partial charge on any atom is 0.263 e. The Morgan fingerprint density at radius 1 is 1.45 bits per heavy atom. The molecule has 0 atom stereocenters. The number of rotatable bonds is 4. The summed E-state index contributed by atoms with van der Waals surface area (Å²) >= 11 is 0. The van der Waals surface area contributed by atoms with Crippen molar-refractivity contribution in [3.63, 3.8) is 0 Å². The van der Waals surface area contributed by atoms with Gasteiger partial charge in [-0.05, 0) is 31.0 Å². The minimum absolute atomic E-state index is 0.0366. The molecule has 1 aliphatic rings. The molecule has 1 amide bonds. The van der Waals surface area contributed by atoms with Gasteiger partial charge in [0.2, 0.25) is 0 Å². The first-order valence-corrected chi connectivity index (χ1v) is 6.48. The van der Waals surface area contributed by atoms with Gasteiger partial charge >= 0.3 is 0 Å². The quantitative estimate of drug-likeness (QED) is 0.798. The van der Waals surface area contributed by atoms with Crippen LogP contribution in [0.3, 0.4) is 0 Å². The number of carbonyl (C=O) groups is 1. The predicted molar refractivity (Wildman–Crippen MR) is 72.2 cm³/mol. The molecule has 1 saturated carbocycles. The van der Waals surface area contributed by atoms with E-state index in [2.05, 4.69) is 4.98 Å². The van der Waals surface area contributed by atoms with Gasteiger partial charge in [0.1, 0.15) is 18.1 Å². The van der Waals surface area contributed by atoms with Gasteiger partial charge in [-0.25, -0.2) is 4.98 Å². The van der Waals surface area contributed by atoms with Gasteiger partial charge in [-0.2, -0.15) is 5.26 Å². The first kappa shape index (κ1) is 12.4. The van der Waals surface area contributed by atoms with Gasteiger partial charge in [0.25, 0.3) is 5.91 Å². The Morgan fingerprint density at radius 2 is 2.30 bits per heavy atom. The smallest absolute Gasteiger partial charge is 0.263 e. The summed E-state index contributed by atoms with van der Waals surface area (Å²) in [6.07, 6.45) is 5.24. The number of furan rings is 1. The summed E-state index contributed by atoms with van der Waals surface area (Å²) in [5, 5.41) is 8.94.